The Labute approximate surface area is 179 Å². The average Bonchev–Trinajstić information content (AvgIpc) is 3.22. The van der Waals surface area contributed by atoms with Gasteiger partial charge < -0.3 is 20.9 Å². The first-order valence-corrected chi connectivity index (χ1v) is 10.9. The number of anilines is 2. The zero-order chi connectivity index (χ0) is 21.2. The molecule has 0 aliphatic carbocycles. The monoisotopic (exact) mass is 407 g/mol. The summed E-state index contributed by atoms with van der Waals surface area (Å²) in [5.41, 5.74) is 3.16. The van der Waals surface area contributed by atoms with Crippen LogP contribution in [0.1, 0.15) is 38.7 Å². The number of guanidine groups is 1. The summed E-state index contributed by atoms with van der Waals surface area (Å²) in [5.74, 6) is 0.884. The van der Waals surface area contributed by atoms with E-state index in [9.17, 15) is 4.79 Å². The highest BCUT2D eigenvalue weighted by Gasteiger charge is 2.23. The minimum Gasteiger partial charge on any atom is -0.369 e. The number of benzene rings is 2. The predicted octanol–water partition coefficient (Wildman–Crippen LogP) is 3.76. The molecule has 1 heterocycles. The van der Waals surface area contributed by atoms with Gasteiger partial charge in [-0.1, -0.05) is 37.3 Å². The van der Waals surface area contributed by atoms with E-state index >= 15 is 0 Å². The quantitative estimate of drug-likeness (QED) is 0.460. The topological polar surface area (TPSA) is 68.8 Å². The molecule has 160 valence electrons. The first-order chi connectivity index (χ1) is 14.7. The number of carbonyl (C=O) groups is 1. The Morgan fingerprint density at radius 2 is 1.97 bits per heavy atom. The lowest BCUT2D eigenvalue weighted by molar-refractivity contribution is -0.116. The van der Waals surface area contributed by atoms with Crippen LogP contribution in [-0.4, -0.2) is 37.5 Å². The summed E-state index contributed by atoms with van der Waals surface area (Å²) < 4.78 is 0. The Balaban J connectivity index is 1.58. The molecule has 1 atom stereocenters. The summed E-state index contributed by atoms with van der Waals surface area (Å²) in [6, 6.07) is 18.8. The van der Waals surface area contributed by atoms with Gasteiger partial charge in [-0.15, -0.1) is 0 Å². The summed E-state index contributed by atoms with van der Waals surface area (Å²) in [5, 5.41) is 9.88. The summed E-state index contributed by atoms with van der Waals surface area (Å²) >= 11 is 0. The van der Waals surface area contributed by atoms with Crippen LogP contribution >= 0.6 is 0 Å². The van der Waals surface area contributed by atoms with Crippen LogP contribution in [0.15, 0.2) is 59.6 Å². The van der Waals surface area contributed by atoms with Gasteiger partial charge in [0.1, 0.15) is 0 Å². The third-order valence-corrected chi connectivity index (χ3v) is 5.10. The molecule has 2 aromatic rings. The molecule has 3 rings (SSSR count). The van der Waals surface area contributed by atoms with Crippen molar-refractivity contribution in [3.05, 3.63) is 60.2 Å². The number of nitrogens with zero attached hydrogens (tertiary/aromatic N) is 2. The van der Waals surface area contributed by atoms with Gasteiger partial charge in [-0.3, -0.25) is 4.79 Å². The van der Waals surface area contributed by atoms with Crippen LogP contribution in [0.2, 0.25) is 0 Å². The van der Waals surface area contributed by atoms with Crippen LogP contribution in [0.25, 0.3) is 0 Å². The Morgan fingerprint density at radius 1 is 1.13 bits per heavy atom. The van der Waals surface area contributed by atoms with Gasteiger partial charge in [0.15, 0.2) is 5.96 Å². The molecule has 0 aromatic heterocycles. The van der Waals surface area contributed by atoms with E-state index in [0.29, 0.717) is 19.0 Å². The van der Waals surface area contributed by atoms with Crippen molar-refractivity contribution in [2.45, 2.75) is 45.7 Å². The second-order valence-electron chi connectivity index (χ2n) is 7.61. The summed E-state index contributed by atoms with van der Waals surface area (Å²) in [6.07, 6.45) is 2.47. The molecule has 0 radical (unpaired) electrons. The van der Waals surface area contributed by atoms with E-state index in [2.05, 4.69) is 58.1 Å². The Bertz CT molecular complexity index is 836. The second-order valence-corrected chi connectivity index (χ2v) is 7.61. The van der Waals surface area contributed by atoms with E-state index < -0.39 is 0 Å². The smallest absolute Gasteiger partial charge is 0.224 e. The molecular formula is C24H33N5O. The first kappa shape index (κ1) is 21.7. The molecule has 6 nitrogen and oxygen atoms in total. The van der Waals surface area contributed by atoms with Crippen LogP contribution in [0.3, 0.4) is 0 Å². The molecular weight excluding hydrogens is 374 g/mol. The number of hydrogen-bond donors (Lipinski definition) is 3. The van der Waals surface area contributed by atoms with Crippen molar-refractivity contribution in [3.63, 3.8) is 0 Å². The van der Waals surface area contributed by atoms with Crippen molar-refractivity contribution in [2.24, 2.45) is 4.99 Å². The molecule has 1 fully saturated rings. The van der Waals surface area contributed by atoms with Crippen molar-refractivity contribution in [1.29, 1.82) is 0 Å². The third kappa shape index (κ3) is 6.51. The molecule has 3 N–H and O–H groups in total. The number of carbonyl (C=O) groups excluding carboxylic acids is 1. The maximum Gasteiger partial charge on any atom is 0.224 e. The molecule has 1 aliphatic rings. The number of nitrogens with one attached hydrogen (secondary N) is 3. The van der Waals surface area contributed by atoms with Crippen LogP contribution < -0.4 is 20.9 Å². The van der Waals surface area contributed by atoms with Crippen LogP contribution in [0.5, 0.6) is 0 Å². The zero-order valence-electron chi connectivity index (χ0n) is 18.0. The molecule has 1 saturated heterocycles. The van der Waals surface area contributed by atoms with Gasteiger partial charge >= 0.3 is 0 Å². The molecule has 0 spiro atoms. The molecule has 0 bridgehead atoms. The minimum absolute atomic E-state index is 0.0531. The van der Waals surface area contributed by atoms with Crippen LogP contribution in [-0.2, 0) is 11.3 Å². The highest BCUT2D eigenvalue weighted by Crippen LogP contribution is 2.19. The summed E-state index contributed by atoms with van der Waals surface area (Å²) in [7, 11) is 0. The fourth-order valence-corrected chi connectivity index (χ4v) is 3.63. The number of hydrogen-bond acceptors (Lipinski definition) is 3. The van der Waals surface area contributed by atoms with Gasteiger partial charge in [-0.2, -0.15) is 0 Å². The van der Waals surface area contributed by atoms with Gasteiger partial charge in [-0.25, -0.2) is 4.99 Å². The van der Waals surface area contributed by atoms with Crippen molar-refractivity contribution in [1.82, 2.24) is 10.6 Å². The average molecular weight is 408 g/mol. The number of para-hydroxylation sites is 1. The molecule has 1 unspecified atom stereocenters. The van der Waals surface area contributed by atoms with E-state index in [4.69, 9.17) is 4.99 Å². The molecule has 6 heteroatoms. The largest absolute Gasteiger partial charge is 0.369 e. The summed E-state index contributed by atoms with van der Waals surface area (Å²) in [4.78, 5) is 19.0. The Morgan fingerprint density at radius 3 is 2.73 bits per heavy atom. The van der Waals surface area contributed by atoms with E-state index in [-0.39, 0.29) is 5.91 Å². The van der Waals surface area contributed by atoms with Gasteiger partial charge in [0, 0.05) is 43.5 Å². The van der Waals surface area contributed by atoms with Crippen molar-refractivity contribution in [2.75, 3.05) is 29.9 Å². The molecule has 30 heavy (non-hydrogen) atoms. The van der Waals surface area contributed by atoms with Crippen molar-refractivity contribution < 1.29 is 4.79 Å². The van der Waals surface area contributed by atoms with E-state index in [1.165, 1.54) is 5.69 Å². The highest BCUT2D eigenvalue weighted by molar-refractivity contribution is 5.90. The minimum atomic E-state index is 0.0531. The maximum atomic E-state index is 11.8. The number of amides is 1. The number of rotatable bonds is 8. The second kappa shape index (κ2) is 11.2. The zero-order valence-corrected chi connectivity index (χ0v) is 18.0. The van der Waals surface area contributed by atoms with E-state index in [0.717, 1.165) is 49.7 Å². The molecule has 1 amide bonds. The van der Waals surface area contributed by atoms with Gasteiger partial charge in [0.2, 0.25) is 5.91 Å². The Hall–Kier alpha value is -3.02. The van der Waals surface area contributed by atoms with Crippen molar-refractivity contribution >= 4 is 23.2 Å². The van der Waals surface area contributed by atoms with Crippen LogP contribution in [0, 0.1) is 0 Å². The standard InChI is InChI=1S/C24H33N5O/c1-3-9-23(30)27-20-11-8-10-19(16-20)17-26-24(25-4-2)28-21-14-15-29(18-21)22-12-6-5-7-13-22/h5-8,10-13,16,21H,3-4,9,14-15,17-18H2,1-2H3,(H,27,30)(H2,25,26,28). The van der Waals surface area contributed by atoms with Crippen LogP contribution in [0.4, 0.5) is 11.4 Å². The maximum absolute atomic E-state index is 11.8. The van der Waals surface area contributed by atoms with Gasteiger partial charge in [0.05, 0.1) is 6.54 Å². The fourth-order valence-electron chi connectivity index (χ4n) is 3.63. The highest BCUT2D eigenvalue weighted by atomic mass is 16.1. The van der Waals surface area contributed by atoms with E-state index in [1.54, 1.807) is 0 Å². The van der Waals surface area contributed by atoms with E-state index in [1.807, 2.05) is 31.2 Å². The number of aliphatic imine (C=N–C) groups is 1. The summed E-state index contributed by atoms with van der Waals surface area (Å²) in [6.45, 7) is 7.46. The third-order valence-electron chi connectivity index (χ3n) is 5.10. The molecule has 0 saturated carbocycles. The van der Waals surface area contributed by atoms with Gasteiger partial charge in [-0.05, 0) is 49.6 Å². The van der Waals surface area contributed by atoms with Crippen molar-refractivity contribution in [3.8, 4) is 0 Å². The lowest BCUT2D eigenvalue weighted by Crippen LogP contribution is -2.44. The SMILES string of the molecule is CCCC(=O)Nc1cccc(CN=C(NCC)NC2CCN(c3ccccc3)C2)c1. The lowest BCUT2D eigenvalue weighted by atomic mass is 10.2. The predicted molar refractivity (Wildman–Crippen MR) is 125 cm³/mol. The lowest BCUT2D eigenvalue weighted by Gasteiger charge is -2.20. The normalized spacial score (nSPS) is 16.4. The molecule has 2 aromatic carbocycles. The Kier molecular flexibility index (Phi) is 8.12. The van der Waals surface area contributed by atoms with Gasteiger partial charge in [0.25, 0.3) is 0 Å². The first-order valence-electron chi connectivity index (χ1n) is 10.9. The molecule has 1 aliphatic heterocycles. The fraction of sp³-hybridized carbons (Fsp3) is 0.417.